The van der Waals surface area contributed by atoms with Crippen LogP contribution in [0.15, 0.2) is 0 Å². The van der Waals surface area contributed by atoms with Gasteiger partial charge in [0.05, 0.1) is 34.4 Å². The normalized spacial score (nSPS) is 15.5. The Bertz CT molecular complexity index is 401. The van der Waals surface area contributed by atoms with E-state index in [1.54, 1.807) is 6.92 Å². The number of rotatable bonds is 20. The highest BCUT2D eigenvalue weighted by atomic mass is 31.2. The third-order valence-corrected chi connectivity index (χ3v) is 6.08. The lowest BCUT2D eigenvalue weighted by Gasteiger charge is -2.31. The Morgan fingerprint density at radius 3 is 1.71 bits per heavy atom. The zero-order chi connectivity index (χ0) is 21.3. The molecular weight excluding hydrogens is 377 g/mol. The molecule has 0 amide bonds. The number of hydrogen-bond acceptors (Lipinski definition) is 4. The summed E-state index contributed by atoms with van der Waals surface area (Å²) in [6.45, 7) is 5.06. The molecule has 0 aromatic carbocycles. The van der Waals surface area contributed by atoms with Crippen molar-refractivity contribution >= 4 is 7.82 Å². The van der Waals surface area contributed by atoms with E-state index in [1.165, 1.54) is 70.6 Å². The van der Waals surface area contributed by atoms with E-state index in [9.17, 15) is 9.46 Å². The summed E-state index contributed by atoms with van der Waals surface area (Å²) in [7, 11) is 1.64. The van der Waals surface area contributed by atoms with E-state index in [2.05, 4.69) is 6.92 Å². The maximum atomic E-state index is 11.9. The van der Waals surface area contributed by atoms with Gasteiger partial charge in [-0.1, -0.05) is 77.6 Å². The molecule has 170 valence electrons. The van der Waals surface area contributed by atoms with Crippen LogP contribution in [0.1, 0.15) is 90.9 Å². The van der Waals surface area contributed by atoms with Crippen molar-refractivity contribution in [1.82, 2.24) is 0 Å². The molecule has 0 aromatic heterocycles. The molecule has 0 aliphatic rings. The lowest BCUT2D eigenvalue weighted by molar-refractivity contribution is -0.913. The van der Waals surface area contributed by atoms with Crippen LogP contribution >= 0.6 is 7.82 Å². The smallest absolute Gasteiger partial charge is 0.379 e. The molecule has 2 atom stereocenters. The lowest BCUT2D eigenvalue weighted by atomic mass is 10.1. The van der Waals surface area contributed by atoms with Crippen LogP contribution in [0.5, 0.6) is 0 Å². The van der Waals surface area contributed by atoms with Crippen molar-refractivity contribution in [2.45, 2.75) is 97.1 Å². The van der Waals surface area contributed by atoms with Crippen molar-refractivity contribution in [3.8, 4) is 0 Å². The third-order valence-electron chi connectivity index (χ3n) is 5.00. The number of nitrogens with zero attached hydrogens (tertiary/aromatic N) is 1. The van der Waals surface area contributed by atoms with E-state index in [4.69, 9.17) is 13.8 Å². The Morgan fingerprint density at radius 1 is 0.786 bits per heavy atom. The Balaban J connectivity index is 3.38. The number of quaternary nitrogens is 1. The number of unbranched alkanes of at least 4 members (excludes halogenated alkanes) is 11. The van der Waals surface area contributed by atoms with Gasteiger partial charge in [0.1, 0.15) is 0 Å². The molecule has 2 unspecified atom stereocenters. The maximum Gasteiger partial charge on any atom is 0.476 e. The van der Waals surface area contributed by atoms with Crippen LogP contribution in [0.4, 0.5) is 0 Å². The zero-order valence-electron chi connectivity index (χ0n) is 19.2. The molecule has 0 saturated carbocycles. The van der Waals surface area contributed by atoms with Crippen LogP contribution in [-0.4, -0.2) is 56.6 Å². The molecule has 0 aliphatic heterocycles. The van der Waals surface area contributed by atoms with Crippen LogP contribution in [0.2, 0.25) is 0 Å². The Labute approximate surface area is 174 Å². The molecule has 0 heterocycles. The van der Waals surface area contributed by atoms with Crippen molar-refractivity contribution in [3.05, 3.63) is 0 Å². The fourth-order valence-corrected chi connectivity index (χ4v) is 3.76. The van der Waals surface area contributed by atoms with Gasteiger partial charge in [0.15, 0.2) is 0 Å². The molecule has 0 bridgehead atoms. The molecule has 1 N–H and O–H groups in total. The van der Waals surface area contributed by atoms with Gasteiger partial charge in [-0.15, -0.1) is 0 Å². The molecule has 0 radical (unpaired) electrons. The minimum absolute atomic E-state index is 0.0654. The quantitative estimate of drug-likeness (QED) is 0.114. The minimum atomic E-state index is -4.03. The minimum Gasteiger partial charge on any atom is -0.379 e. The summed E-state index contributed by atoms with van der Waals surface area (Å²) in [4.78, 5) is 9.71. The van der Waals surface area contributed by atoms with Gasteiger partial charge in [-0.25, -0.2) is 9.09 Å². The molecule has 7 heteroatoms. The Morgan fingerprint density at radius 2 is 1.25 bits per heavy atom. The van der Waals surface area contributed by atoms with Crippen molar-refractivity contribution in [2.75, 3.05) is 41.0 Å². The SMILES string of the molecule is CCCCCCCCCCCCCCOCCOP(=O)(O)OC(C)[N+](C)(C)C. The number of ether oxygens (including phenoxy) is 1. The predicted molar refractivity (Wildman–Crippen MR) is 116 cm³/mol. The van der Waals surface area contributed by atoms with Gasteiger partial charge in [-0.2, -0.15) is 0 Å². The average molecular weight is 425 g/mol. The highest BCUT2D eigenvalue weighted by molar-refractivity contribution is 7.47. The number of hydrogen-bond donors (Lipinski definition) is 1. The fraction of sp³-hybridized carbons (Fsp3) is 1.00. The third kappa shape index (κ3) is 18.1. The number of phosphoric ester groups is 1. The van der Waals surface area contributed by atoms with Gasteiger partial charge < -0.3 is 14.1 Å². The molecule has 0 saturated heterocycles. The molecule has 0 aromatic rings. The van der Waals surface area contributed by atoms with Crippen LogP contribution in [-0.2, 0) is 18.3 Å². The van der Waals surface area contributed by atoms with Crippen molar-refractivity contribution < 1.29 is 27.7 Å². The van der Waals surface area contributed by atoms with E-state index in [0.29, 0.717) is 17.7 Å². The van der Waals surface area contributed by atoms with Crippen LogP contribution in [0.3, 0.4) is 0 Å². The Kier molecular flexibility index (Phi) is 16.8. The predicted octanol–water partition coefficient (Wildman–Crippen LogP) is 5.89. The monoisotopic (exact) mass is 424 g/mol. The van der Waals surface area contributed by atoms with Crippen molar-refractivity contribution in [2.24, 2.45) is 0 Å². The zero-order valence-corrected chi connectivity index (χ0v) is 20.1. The molecular formula is C21H47NO5P+. The molecule has 0 rings (SSSR count). The first-order valence-electron chi connectivity index (χ1n) is 11.2. The first-order valence-corrected chi connectivity index (χ1v) is 12.7. The standard InChI is InChI=1S/C21H46NO5P/c1-6-7-8-9-10-11-12-13-14-15-16-17-18-25-19-20-26-28(23,24)27-21(2)22(3,4)5/h21H,6-20H2,1-5H3/p+1. The van der Waals surface area contributed by atoms with E-state index >= 15 is 0 Å². The molecule has 0 fully saturated rings. The topological polar surface area (TPSA) is 65.0 Å². The fourth-order valence-electron chi connectivity index (χ4n) is 2.72. The summed E-state index contributed by atoms with van der Waals surface area (Å²) in [5.74, 6) is 0. The van der Waals surface area contributed by atoms with E-state index in [0.717, 1.165) is 6.42 Å². The van der Waals surface area contributed by atoms with Gasteiger partial charge in [0, 0.05) is 13.5 Å². The molecule has 28 heavy (non-hydrogen) atoms. The average Bonchev–Trinajstić information content (AvgIpc) is 2.60. The van der Waals surface area contributed by atoms with E-state index in [1.807, 2.05) is 21.1 Å². The largest absolute Gasteiger partial charge is 0.476 e. The summed E-state index contributed by atoms with van der Waals surface area (Å²) in [5.41, 5.74) is 0. The second kappa shape index (κ2) is 16.8. The van der Waals surface area contributed by atoms with E-state index < -0.39 is 14.1 Å². The summed E-state index contributed by atoms with van der Waals surface area (Å²) in [6, 6.07) is 0. The highest BCUT2D eigenvalue weighted by Crippen LogP contribution is 2.45. The lowest BCUT2D eigenvalue weighted by Crippen LogP contribution is -2.44. The van der Waals surface area contributed by atoms with E-state index in [-0.39, 0.29) is 6.61 Å². The highest BCUT2D eigenvalue weighted by Gasteiger charge is 2.31. The van der Waals surface area contributed by atoms with Gasteiger partial charge >= 0.3 is 7.82 Å². The molecule has 0 spiro atoms. The van der Waals surface area contributed by atoms with Gasteiger partial charge in [-0.3, -0.25) is 4.52 Å². The second-order valence-corrected chi connectivity index (χ2v) is 10.0. The molecule has 6 nitrogen and oxygen atoms in total. The maximum absolute atomic E-state index is 11.9. The first-order chi connectivity index (χ1) is 13.2. The van der Waals surface area contributed by atoms with Crippen molar-refractivity contribution in [1.29, 1.82) is 0 Å². The summed E-state index contributed by atoms with van der Waals surface area (Å²) in [6.07, 6.45) is 15.4. The summed E-state index contributed by atoms with van der Waals surface area (Å²) in [5, 5.41) is 0. The second-order valence-electron chi connectivity index (χ2n) is 8.62. The van der Waals surface area contributed by atoms with Gasteiger partial charge in [-0.05, 0) is 6.42 Å². The molecule has 0 aliphatic carbocycles. The van der Waals surface area contributed by atoms with Crippen LogP contribution in [0.25, 0.3) is 0 Å². The summed E-state index contributed by atoms with van der Waals surface area (Å²) >= 11 is 0. The first kappa shape index (κ1) is 28.0. The van der Waals surface area contributed by atoms with Crippen LogP contribution in [0, 0.1) is 0 Å². The van der Waals surface area contributed by atoms with Crippen LogP contribution < -0.4 is 0 Å². The number of phosphoric acid groups is 1. The summed E-state index contributed by atoms with van der Waals surface area (Å²) < 4.78 is 27.9. The Hall–Kier alpha value is 0.0300. The van der Waals surface area contributed by atoms with Gasteiger partial charge in [0.25, 0.3) is 0 Å². The van der Waals surface area contributed by atoms with Crippen molar-refractivity contribution in [3.63, 3.8) is 0 Å². The van der Waals surface area contributed by atoms with Gasteiger partial charge in [0.2, 0.25) is 6.23 Å².